The zero-order valence-electron chi connectivity index (χ0n) is 15.4. The molecule has 154 valence electrons. The fraction of sp³-hybridized carbons (Fsp3) is 0.190. The normalized spacial score (nSPS) is 13.2. The monoisotopic (exact) mass is 419 g/mol. The minimum Gasteiger partial charge on any atom is -0.305 e. The highest BCUT2D eigenvalue weighted by atomic mass is 19.4. The molecule has 0 saturated heterocycles. The molecule has 1 N–H and O–H groups in total. The highest BCUT2D eigenvalue weighted by molar-refractivity contribution is 6.04. The summed E-state index contributed by atoms with van der Waals surface area (Å²) in [6.07, 6.45) is -0.361. The van der Waals surface area contributed by atoms with Crippen LogP contribution in [0.2, 0.25) is 0 Å². The Balaban J connectivity index is 1.64. The van der Waals surface area contributed by atoms with Crippen LogP contribution in [-0.4, -0.2) is 15.9 Å². The van der Waals surface area contributed by atoms with Gasteiger partial charge in [0.2, 0.25) is 0 Å². The third-order valence-electron chi connectivity index (χ3n) is 4.90. The van der Waals surface area contributed by atoms with Gasteiger partial charge >= 0.3 is 6.18 Å². The maximum atomic E-state index is 13.7. The van der Waals surface area contributed by atoms with Crippen LogP contribution in [0.1, 0.15) is 33.5 Å². The zero-order chi connectivity index (χ0) is 21.5. The number of nitrogens with zero attached hydrogens (tertiary/aromatic N) is 2. The van der Waals surface area contributed by atoms with Crippen molar-refractivity contribution in [3.05, 3.63) is 76.6 Å². The molecule has 30 heavy (non-hydrogen) atoms. The van der Waals surface area contributed by atoms with Crippen molar-refractivity contribution in [1.82, 2.24) is 9.97 Å². The quantitative estimate of drug-likeness (QED) is 0.595. The van der Waals surface area contributed by atoms with Gasteiger partial charge in [0.1, 0.15) is 17.2 Å². The first-order chi connectivity index (χ1) is 14.2. The average Bonchev–Trinajstić information content (AvgIpc) is 3.14. The van der Waals surface area contributed by atoms with Gasteiger partial charge in [-0.25, -0.2) is 13.8 Å². The van der Waals surface area contributed by atoms with Crippen LogP contribution in [0.3, 0.4) is 0 Å². The Morgan fingerprint density at radius 3 is 2.23 bits per heavy atom. The number of aromatic nitrogens is 2. The van der Waals surface area contributed by atoms with Crippen LogP contribution in [-0.2, 0) is 19.0 Å². The largest absolute Gasteiger partial charge is 0.417 e. The van der Waals surface area contributed by atoms with Crippen LogP contribution in [0.5, 0.6) is 0 Å². The second-order valence-corrected chi connectivity index (χ2v) is 6.86. The van der Waals surface area contributed by atoms with Gasteiger partial charge in [-0.3, -0.25) is 9.78 Å². The molecule has 0 saturated carbocycles. The van der Waals surface area contributed by atoms with Crippen LogP contribution in [0.15, 0.2) is 42.7 Å². The third kappa shape index (κ3) is 3.74. The molecule has 0 bridgehead atoms. The van der Waals surface area contributed by atoms with Gasteiger partial charge in [-0.1, -0.05) is 6.07 Å². The summed E-state index contributed by atoms with van der Waals surface area (Å²) in [7, 11) is 0. The number of hydrogen-bond donors (Lipinski definition) is 1. The number of rotatable bonds is 3. The molecular formula is C21H14F5N3O. The fourth-order valence-corrected chi connectivity index (χ4v) is 3.50. The van der Waals surface area contributed by atoms with Crippen molar-refractivity contribution in [1.29, 1.82) is 0 Å². The Morgan fingerprint density at radius 2 is 1.63 bits per heavy atom. The first kappa shape index (κ1) is 19.9. The van der Waals surface area contributed by atoms with Crippen molar-refractivity contribution < 1.29 is 26.7 Å². The van der Waals surface area contributed by atoms with E-state index in [0.29, 0.717) is 18.4 Å². The number of halogens is 5. The Kier molecular flexibility index (Phi) is 4.97. The van der Waals surface area contributed by atoms with Crippen molar-refractivity contribution in [3.63, 3.8) is 0 Å². The third-order valence-corrected chi connectivity index (χ3v) is 4.90. The summed E-state index contributed by atoms with van der Waals surface area (Å²) in [5.41, 5.74) is -0.202. The lowest BCUT2D eigenvalue weighted by atomic mass is 9.97. The molecule has 0 unspecified atom stereocenters. The Hall–Kier alpha value is -3.36. The fourth-order valence-electron chi connectivity index (χ4n) is 3.50. The number of carbonyl (C=O) groups excluding carboxylic acids is 1. The maximum absolute atomic E-state index is 13.7. The van der Waals surface area contributed by atoms with E-state index in [1.807, 2.05) is 0 Å². The molecule has 3 aromatic rings. The summed E-state index contributed by atoms with van der Waals surface area (Å²) in [5.74, 6) is -3.34. The number of hydrogen-bond acceptors (Lipinski definition) is 3. The molecule has 0 fully saturated rings. The highest BCUT2D eigenvalue weighted by Gasteiger charge is 2.35. The van der Waals surface area contributed by atoms with Gasteiger partial charge in [0.05, 0.1) is 23.7 Å². The van der Waals surface area contributed by atoms with Crippen molar-refractivity contribution in [2.75, 3.05) is 5.32 Å². The van der Waals surface area contributed by atoms with Crippen LogP contribution in [0, 0.1) is 11.6 Å². The number of nitrogens with one attached hydrogen (secondary N) is 1. The van der Waals surface area contributed by atoms with E-state index in [9.17, 15) is 26.7 Å². The SMILES string of the molecule is O=C(Nc1cnc(-c2cc3c(cc2C(F)(F)F)CCC3)cn1)c1c(F)cccc1F. The van der Waals surface area contributed by atoms with Gasteiger partial charge in [0, 0.05) is 5.56 Å². The van der Waals surface area contributed by atoms with E-state index in [2.05, 4.69) is 15.3 Å². The Bertz CT molecular complexity index is 1110. The number of fused-ring (bicyclic) bond motifs is 1. The molecule has 0 radical (unpaired) electrons. The molecule has 4 rings (SSSR count). The topological polar surface area (TPSA) is 54.9 Å². The standard InChI is InChI=1S/C21H14F5N3O/c22-15-5-2-6-16(23)19(15)20(30)29-18-10-27-17(9-28-18)13-7-11-3-1-4-12(11)8-14(13)21(24,25)26/h2,5-10H,1,3-4H2,(H,28,29,30). The summed E-state index contributed by atoms with van der Waals surface area (Å²) in [6, 6.07) is 5.60. The van der Waals surface area contributed by atoms with E-state index in [1.54, 1.807) is 0 Å². The van der Waals surface area contributed by atoms with Crippen molar-refractivity contribution in [2.45, 2.75) is 25.4 Å². The van der Waals surface area contributed by atoms with Crippen molar-refractivity contribution in [2.24, 2.45) is 0 Å². The van der Waals surface area contributed by atoms with Crippen molar-refractivity contribution in [3.8, 4) is 11.3 Å². The smallest absolute Gasteiger partial charge is 0.305 e. The van der Waals surface area contributed by atoms with Gasteiger partial charge in [-0.15, -0.1) is 0 Å². The van der Waals surface area contributed by atoms with E-state index >= 15 is 0 Å². The molecule has 1 aromatic heterocycles. The summed E-state index contributed by atoms with van der Waals surface area (Å²) in [4.78, 5) is 20.0. The maximum Gasteiger partial charge on any atom is 0.417 e. The predicted octanol–water partition coefficient (Wildman–Crippen LogP) is 5.18. The number of aryl methyl sites for hydroxylation is 2. The molecule has 4 nitrogen and oxygen atoms in total. The van der Waals surface area contributed by atoms with Crippen LogP contribution in [0.25, 0.3) is 11.3 Å². The average molecular weight is 419 g/mol. The molecule has 1 aliphatic rings. The molecule has 1 heterocycles. The Labute approximate surface area is 167 Å². The molecular weight excluding hydrogens is 405 g/mol. The van der Waals surface area contributed by atoms with Gasteiger partial charge in [-0.2, -0.15) is 13.2 Å². The first-order valence-corrected chi connectivity index (χ1v) is 9.05. The van der Waals surface area contributed by atoms with Gasteiger partial charge < -0.3 is 5.32 Å². The van der Waals surface area contributed by atoms with Gasteiger partial charge in [-0.05, 0) is 54.7 Å². The lowest BCUT2D eigenvalue weighted by molar-refractivity contribution is -0.137. The molecule has 1 aliphatic carbocycles. The molecule has 0 atom stereocenters. The number of amides is 1. The van der Waals surface area contributed by atoms with Crippen LogP contribution >= 0.6 is 0 Å². The molecule has 0 aliphatic heterocycles. The highest BCUT2D eigenvalue weighted by Crippen LogP contribution is 2.40. The Morgan fingerprint density at radius 1 is 0.967 bits per heavy atom. The predicted molar refractivity (Wildman–Crippen MR) is 98.8 cm³/mol. The van der Waals surface area contributed by atoms with Crippen LogP contribution in [0.4, 0.5) is 27.8 Å². The number of alkyl halides is 3. The molecule has 1 amide bonds. The van der Waals surface area contributed by atoms with Crippen molar-refractivity contribution >= 4 is 11.7 Å². The molecule has 9 heteroatoms. The first-order valence-electron chi connectivity index (χ1n) is 9.05. The minimum absolute atomic E-state index is 0.0212. The number of anilines is 1. The summed E-state index contributed by atoms with van der Waals surface area (Å²) < 4.78 is 68.0. The molecule has 0 spiro atoms. The van der Waals surface area contributed by atoms with E-state index in [0.717, 1.165) is 48.6 Å². The number of benzene rings is 2. The summed E-state index contributed by atoms with van der Waals surface area (Å²) in [6.45, 7) is 0. The number of carbonyl (C=O) groups is 1. The second-order valence-electron chi connectivity index (χ2n) is 6.86. The van der Waals surface area contributed by atoms with Crippen LogP contribution < -0.4 is 5.32 Å². The lowest BCUT2D eigenvalue weighted by Crippen LogP contribution is -2.17. The van der Waals surface area contributed by atoms with E-state index in [1.165, 1.54) is 6.07 Å². The minimum atomic E-state index is -4.57. The summed E-state index contributed by atoms with van der Waals surface area (Å²) >= 11 is 0. The zero-order valence-corrected chi connectivity index (χ0v) is 15.4. The van der Waals surface area contributed by atoms with E-state index in [-0.39, 0.29) is 17.1 Å². The summed E-state index contributed by atoms with van der Waals surface area (Å²) in [5, 5.41) is 2.19. The second kappa shape index (κ2) is 7.47. The van der Waals surface area contributed by atoms with E-state index in [4.69, 9.17) is 0 Å². The lowest BCUT2D eigenvalue weighted by Gasteiger charge is -2.15. The molecule has 2 aromatic carbocycles. The van der Waals surface area contributed by atoms with Gasteiger partial charge in [0.15, 0.2) is 5.82 Å². The van der Waals surface area contributed by atoms with E-state index < -0.39 is 34.8 Å². The van der Waals surface area contributed by atoms with Gasteiger partial charge in [0.25, 0.3) is 5.91 Å².